The number of hydrogen-bond acceptors (Lipinski definition) is 4. The van der Waals surface area contributed by atoms with Crippen LogP contribution in [0, 0.1) is 0 Å². The smallest absolute Gasteiger partial charge is 0.335 e. The van der Waals surface area contributed by atoms with Crippen LogP contribution >= 0.6 is 0 Å². The number of rotatable bonds is 3. The van der Waals surface area contributed by atoms with Crippen LogP contribution in [0.2, 0.25) is 0 Å². The molecule has 4 N–H and O–H groups in total. The molecular formula is C12H14O7. The number of carbonyl (C=O) groups is 3. The van der Waals surface area contributed by atoms with Gasteiger partial charge in [-0.15, -0.1) is 13.2 Å². The topological polar surface area (TPSA) is 132 Å². The quantitative estimate of drug-likeness (QED) is 0.601. The Labute approximate surface area is 109 Å². The average Bonchev–Trinajstić information content (AvgIpc) is 2.41. The first-order chi connectivity index (χ1) is 8.88. The zero-order chi connectivity index (χ0) is 15.4. The average molecular weight is 270 g/mol. The molecule has 0 unspecified atom stereocenters. The minimum Gasteiger partial charge on any atom is -0.480 e. The largest absolute Gasteiger partial charge is 0.480 e. The Bertz CT molecular complexity index is 389. The van der Waals surface area contributed by atoms with Gasteiger partial charge in [0.15, 0.2) is 0 Å². The van der Waals surface area contributed by atoms with Crippen LogP contribution in [0.5, 0.6) is 0 Å². The lowest BCUT2D eigenvalue weighted by Crippen LogP contribution is -1.99. The Kier molecular flexibility index (Phi) is 10.3. The number of aliphatic hydroxyl groups excluding tert-OH is 1. The second-order valence-corrected chi connectivity index (χ2v) is 2.74. The molecule has 7 heteroatoms. The highest BCUT2D eigenvalue weighted by Gasteiger charge is 2.04. The highest BCUT2D eigenvalue weighted by Crippen LogP contribution is 2.03. The number of hydrogen-bond donors (Lipinski definition) is 4. The summed E-state index contributed by atoms with van der Waals surface area (Å²) in [6.45, 7) is 5.22. The van der Waals surface area contributed by atoms with E-state index in [1.807, 2.05) is 0 Å². The van der Waals surface area contributed by atoms with Gasteiger partial charge in [-0.25, -0.2) is 14.4 Å². The van der Waals surface area contributed by atoms with Gasteiger partial charge in [0.25, 0.3) is 0 Å². The van der Waals surface area contributed by atoms with Crippen molar-refractivity contribution in [1.82, 2.24) is 0 Å². The standard InChI is InChI=1S/C8H6O4.C2H4O3.C2H4/c9-7(10)5-1-2-6(4-3-5)8(11)12;3-1-2(4)5;1-2/h1-4H,(H,9,10)(H,11,12);3H,1H2,(H,4,5);1-2H2. The highest BCUT2D eigenvalue weighted by molar-refractivity contribution is 5.91. The van der Waals surface area contributed by atoms with E-state index in [1.165, 1.54) is 24.3 Å². The Hall–Kier alpha value is -2.67. The van der Waals surface area contributed by atoms with Gasteiger partial charge in [0.2, 0.25) is 0 Å². The van der Waals surface area contributed by atoms with Gasteiger partial charge in [-0.3, -0.25) is 0 Å². The van der Waals surface area contributed by atoms with Crippen molar-refractivity contribution in [1.29, 1.82) is 0 Å². The molecule has 19 heavy (non-hydrogen) atoms. The van der Waals surface area contributed by atoms with Crippen molar-refractivity contribution < 1.29 is 34.8 Å². The van der Waals surface area contributed by atoms with Crippen LogP contribution in [0.15, 0.2) is 37.4 Å². The van der Waals surface area contributed by atoms with Gasteiger partial charge in [-0.2, -0.15) is 0 Å². The lowest BCUT2D eigenvalue weighted by molar-refractivity contribution is -0.140. The molecule has 0 atom stereocenters. The van der Waals surface area contributed by atoms with Crippen LogP contribution in [0.1, 0.15) is 20.7 Å². The minimum absolute atomic E-state index is 0.0833. The van der Waals surface area contributed by atoms with Crippen molar-refractivity contribution in [2.75, 3.05) is 6.61 Å². The predicted molar refractivity (Wildman–Crippen MR) is 66.3 cm³/mol. The van der Waals surface area contributed by atoms with E-state index in [9.17, 15) is 9.59 Å². The van der Waals surface area contributed by atoms with Gasteiger partial charge >= 0.3 is 17.9 Å². The Morgan fingerprint density at radius 2 is 1.05 bits per heavy atom. The van der Waals surface area contributed by atoms with E-state index in [0.29, 0.717) is 0 Å². The van der Waals surface area contributed by atoms with Gasteiger partial charge in [0, 0.05) is 0 Å². The first-order valence-corrected chi connectivity index (χ1v) is 4.77. The van der Waals surface area contributed by atoms with Gasteiger partial charge < -0.3 is 20.4 Å². The predicted octanol–water partition coefficient (Wildman–Crippen LogP) is 0.949. The second kappa shape index (κ2) is 10.5. The first-order valence-electron chi connectivity index (χ1n) is 4.77. The lowest BCUT2D eigenvalue weighted by Gasteiger charge is -1.94. The number of benzene rings is 1. The Balaban J connectivity index is 0. The van der Waals surface area contributed by atoms with Gasteiger partial charge in [0.1, 0.15) is 6.61 Å². The van der Waals surface area contributed by atoms with E-state index >= 15 is 0 Å². The molecule has 104 valence electrons. The molecule has 0 bridgehead atoms. The summed E-state index contributed by atoms with van der Waals surface area (Å²) in [5.41, 5.74) is 0.167. The molecule has 0 heterocycles. The van der Waals surface area contributed by atoms with E-state index in [2.05, 4.69) is 13.2 Å². The third kappa shape index (κ3) is 9.07. The van der Waals surface area contributed by atoms with Crippen LogP contribution in [-0.4, -0.2) is 44.9 Å². The molecule has 0 aliphatic carbocycles. The van der Waals surface area contributed by atoms with Gasteiger partial charge in [0.05, 0.1) is 11.1 Å². The lowest BCUT2D eigenvalue weighted by atomic mass is 10.1. The first kappa shape index (κ1) is 18.7. The van der Waals surface area contributed by atoms with E-state index in [4.69, 9.17) is 25.2 Å². The molecule has 0 saturated carbocycles. The third-order valence-corrected chi connectivity index (χ3v) is 1.51. The monoisotopic (exact) mass is 270 g/mol. The van der Waals surface area contributed by atoms with Crippen LogP contribution in [0.25, 0.3) is 0 Å². The molecule has 0 aliphatic rings. The van der Waals surface area contributed by atoms with Crippen molar-refractivity contribution in [2.24, 2.45) is 0 Å². The Morgan fingerprint density at radius 3 is 1.16 bits per heavy atom. The Morgan fingerprint density at radius 1 is 0.842 bits per heavy atom. The molecule has 0 spiro atoms. The summed E-state index contributed by atoms with van der Waals surface area (Å²) in [7, 11) is 0. The van der Waals surface area contributed by atoms with Crippen molar-refractivity contribution in [3.05, 3.63) is 48.6 Å². The summed E-state index contributed by atoms with van der Waals surface area (Å²) < 4.78 is 0. The normalized spacial score (nSPS) is 8.05. The second-order valence-electron chi connectivity index (χ2n) is 2.74. The summed E-state index contributed by atoms with van der Waals surface area (Å²) in [5, 5.41) is 31.9. The van der Waals surface area contributed by atoms with E-state index < -0.39 is 24.5 Å². The van der Waals surface area contributed by atoms with Crippen LogP contribution in [0.3, 0.4) is 0 Å². The molecule has 7 nitrogen and oxygen atoms in total. The number of aliphatic carboxylic acids is 1. The van der Waals surface area contributed by atoms with Crippen molar-refractivity contribution in [2.45, 2.75) is 0 Å². The SMILES string of the molecule is C=C.O=C(O)CO.O=C(O)c1ccc(C(=O)O)cc1. The fraction of sp³-hybridized carbons (Fsp3) is 0.0833. The number of carboxylic acid groups (broad SMARTS) is 3. The summed E-state index contributed by atoms with van der Waals surface area (Å²) in [5.74, 6) is -3.32. The molecule has 0 radical (unpaired) electrons. The number of aromatic carboxylic acids is 2. The maximum absolute atomic E-state index is 10.3. The minimum atomic E-state index is -1.19. The zero-order valence-electron chi connectivity index (χ0n) is 9.94. The van der Waals surface area contributed by atoms with E-state index in [-0.39, 0.29) is 11.1 Å². The molecule has 0 aromatic heterocycles. The van der Waals surface area contributed by atoms with Crippen LogP contribution in [-0.2, 0) is 4.79 Å². The zero-order valence-corrected chi connectivity index (χ0v) is 9.94. The van der Waals surface area contributed by atoms with Crippen molar-refractivity contribution >= 4 is 17.9 Å². The fourth-order valence-electron chi connectivity index (χ4n) is 0.755. The van der Waals surface area contributed by atoms with Crippen molar-refractivity contribution in [3.63, 3.8) is 0 Å². The molecule has 1 aromatic carbocycles. The molecular weight excluding hydrogens is 256 g/mol. The summed E-state index contributed by atoms with van der Waals surface area (Å²) in [6.07, 6.45) is 0. The molecule has 0 fully saturated rings. The maximum Gasteiger partial charge on any atom is 0.335 e. The maximum atomic E-state index is 10.3. The molecule has 0 aliphatic heterocycles. The van der Waals surface area contributed by atoms with Crippen molar-refractivity contribution in [3.8, 4) is 0 Å². The third-order valence-electron chi connectivity index (χ3n) is 1.51. The van der Waals surface area contributed by atoms with Crippen LogP contribution < -0.4 is 0 Å². The summed E-state index contributed by atoms with van der Waals surface area (Å²) in [6, 6.07) is 5.02. The van der Waals surface area contributed by atoms with Crippen LogP contribution in [0.4, 0.5) is 0 Å². The van der Waals surface area contributed by atoms with E-state index in [0.717, 1.165) is 0 Å². The number of aliphatic hydroxyl groups is 1. The van der Waals surface area contributed by atoms with Gasteiger partial charge in [-0.05, 0) is 24.3 Å². The van der Waals surface area contributed by atoms with Gasteiger partial charge in [-0.1, -0.05) is 0 Å². The fourth-order valence-corrected chi connectivity index (χ4v) is 0.755. The summed E-state index contributed by atoms with van der Waals surface area (Å²) in [4.78, 5) is 29.8. The summed E-state index contributed by atoms with van der Waals surface area (Å²) >= 11 is 0. The molecule has 0 saturated heterocycles. The van der Waals surface area contributed by atoms with E-state index in [1.54, 1.807) is 0 Å². The molecule has 0 amide bonds. The number of carboxylic acids is 3. The molecule has 1 rings (SSSR count). The highest BCUT2D eigenvalue weighted by atomic mass is 16.4. The molecule has 1 aromatic rings.